The number of carboxylic acids is 2. The fourth-order valence-electron chi connectivity index (χ4n) is 3.99. The van der Waals surface area contributed by atoms with Crippen LogP contribution in [0.15, 0.2) is 42.9 Å². The van der Waals surface area contributed by atoms with Gasteiger partial charge in [-0.3, -0.25) is 24.0 Å². The number of rotatable bonds is 18. The maximum absolute atomic E-state index is 13.4. The van der Waals surface area contributed by atoms with Gasteiger partial charge in [0.15, 0.2) is 0 Å². The molecule has 2 aromatic rings. The van der Waals surface area contributed by atoms with Crippen LogP contribution in [0.5, 0.6) is 0 Å². The molecule has 0 aliphatic heterocycles. The number of carbonyl (C=O) groups excluding carboxylic acids is 5. The van der Waals surface area contributed by atoms with Crippen molar-refractivity contribution in [1.29, 1.82) is 0 Å². The van der Waals surface area contributed by atoms with Crippen molar-refractivity contribution in [2.24, 2.45) is 11.7 Å². The molecule has 1 heterocycles. The topological polar surface area (TPSA) is 272 Å². The fraction of sp³-hybridized carbons (Fsp3) is 0.429. The minimum absolute atomic E-state index is 0.0578. The van der Waals surface area contributed by atoms with Gasteiger partial charge in [-0.2, -0.15) is 0 Å². The summed E-state index contributed by atoms with van der Waals surface area (Å²) in [5.74, 6) is -7.13. The summed E-state index contributed by atoms with van der Waals surface area (Å²) in [5, 5.41) is 27.8. The summed E-state index contributed by atoms with van der Waals surface area (Å²) >= 11 is 0. The van der Waals surface area contributed by atoms with Crippen molar-refractivity contribution in [2.75, 3.05) is 0 Å². The normalized spacial score (nSPS) is 13.4. The smallest absolute Gasteiger partial charge is 0.408 e. The van der Waals surface area contributed by atoms with Gasteiger partial charge in [0.1, 0.15) is 30.8 Å². The highest BCUT2D eigenvalue weighted by molar-refractivity contribution is 5.95. The number of hydrogen-bond donors (Lipinski definition) is 8. The number of benzene rings is 1. The Morgan fingerprint density at radius 1 is 0.889 bits per heavy atom. The number of H-pyrrole nitrogens is 1. The van der Waals surface area contributed by atoms with Gasteiger partial charge in [0.2, 0.25) is 23.6 Å². The molecule has 45 heavy (non-hydrogen) atoms. The first-order valence-corrected chi connectivity index (χ1v) is 13.8. The van der Waals surface area contributed by atoms with Gasteiger partial charge < -0.3 is 46.9 Å². The number of nitrogens with one attached hydrogen (secondary N) is 5. The molecule has 0 spiro atoms. The number of aromatic amines is 1. The number of ether oxygens (including phenoxy) is 1. The molecule has 4 atom stereocenters. The lowest BCUT2D eigenvalue weighted by Crippen LogP contribution is -2.59. The molecule has 0 unspecified atom stereocenters. The summed E-state index contributed by atoms with van der Waals surface area (Å²) in [6, 6.07) is 2.95. The molecule has 0 radical (unpaired) electrons. The third-order valence-electron chi connectivity index (χ3n) is 6.35. The molecule has 0 saturated carbocycles. The van der Waals surface area contributed by atoms with Gasteiger partial charge in [0, 0.05) is 24.7 Å². The Kier molecular flexibility index (Phi) is 14.0. The van der Waals surface area contributed by atoms with E-state index in [1.165, 1.54) is 12.5 Å². The SMILES string of the molecule is CC(C)[C@H](NC(=O)OCc1ccccc1)C(=O)N[C@@H](CCC(N)=O)C(=O)N[C@@H](Cc1cnc[nH]1)C(=O)N[C@@H](CC(=O)O)C(=O)O. The molecule has 0 saturated heterocycles. The van der Waals surface area contributed by atoms with Crippen LogP contribution < -0.4 is 27.0 Å². The molecular weight excluding hydrogens is 594 g/mol. The Bertz CT molecular complexity index is 1330. The summed E-state index contributed by atoms with van der Waals surface area (Å²) in [6.07, 6.45) is -0.0231. The molecule has 2 rings (SSSR count). The van der Waals surface area contributed by atoms with Crippen LogP contribution in [0.25, 0.3) is 0 Å². The Morgan fingerprint density at radius 2 is 1.51 bits per heavy atom. The number of aromatic nitrogens is 2. The Labute approximate surface area is 257 Å². The predicted molar refractivity (Wildman–Crippen MR) is 155 cm³/mol. The zero-order valence-corrected chi connectivity index (χ0v) is 24.6. The van der Waals surface area contributed by atoms with E-state index < -0.39 is 78.2 Å². The van der Waals surface area contributed by atoms with E-state index >= 15 is 0 Å². The van der Waals surface area contributed by atoms with Crippen molar-refractivity contribution in [3.63, 3.8) is 0 Å². The van der Waals surface area contributed by atoms with E-state index in [-0.39, 0.29) is 25.9 Å². The second-order valence-corrected chi connectivity index (χ2v) is 10.3. The van der Waals surface area contributed by atoms with Crippen molar-refractivity contribution >= 4 is 41.7 Å². The third-order valence-corrected chi connectivity index (χ3v) is 6.35. The van der Waals surface area contributed by atoms with Crippen LogP contribution in [0.1, 0.15) is 44.4 Å². The van der Waals surface area contributed by atoms with Gasteiger partial charge in [0.25, 0.3) is 0 Å². The first kappa shape index (κ1) is 35.7. The number of carboxylic acid groups (broad SMARTS) is 2. The van der Waals surface area contributed by atoms with E-state index in [9.17, 15) is 38.7 Å². The number of amides is 5. The van der Waals surface area contributed by atoms with Crippen LogP contribution in [0, 0.1) is 5.92 Å². The maximum atomic E-state index is 13.4. The average molecular weight is 632 g/mol. The molecule has 0 bridgehead atoms. The number of aliphatic carboxylic acids is 2. The summed E-state index contributed by atoms with van der Waals surface area (Å²) in [4.78, 5) is 92.9. The third kappa shape index (κ3) is 12.7. The summed E-state index contributed by atoms with van der Waals surface area (Å²) < 4.78 is 5.19. The number of nitrogens with two attached hydrogens (primary N) is 1. The lowest BCUT2D eigenvalue weighted by Gasteiger charge is -2.26. The molecular formula is C28H37N7O10. The number of hydrogen-bond acceptors (Lipinski definition) is 9. The van der Waals surface area contributed by atoms with E-state index in [0.717, 1.165) is 0 Å². The van der Waals surface area contributed by atoms with Crippen molar-refractivity contribution in [3.8, 4) is 0 Å². The standard InChI is InChI=1S/C28H37N7O10/c1-15(2)23(35-28(44)45-13-16-6-4-3-5-7-16)26(41)32-18(8-9-21(29)36)24(39)33-19(10-17-12-30-14-31-17)25(40)34-20(27(42)43)11-22(37)38/h3-7,12,14-15,18-20,23H,8-11,13H2,1-2H3,(H2,29,36)(H,30,31)(H,32,41)(H,33,39)(H,34,40)(H,35,44)(H,37,38)(H,42,43)/t18-,19-,20-,23-/m0/s1. The van der Waals surface area contributed by atoms with Crippen LogP contribution in [0.2, 0.25) is 0 Å². The first-order chi connectivity index (χ1) is 21.3. The molecule has 0 aliphatic rings. The lowest BCUT2D eigenvalue weighted by atomic mass is 10.0. The van der Waals surface area contributed by atoms with E-state index in [2.05, 4.69) is 31.2 Å². The quantitative estimate of drug-likeness (QED) is 0.101. The van der Waals surface area contributed by atoms with Gasteiger partial charge in [-0.15, -0.1) is 0 Å². The second kappa shape index (κ2) is 17.6. The Hall–Kier alpha value is -5.48. The van der Waals surface area contributed by atoms with E-state index in [4.69, 9.17) is 15.6 Å². The molecule has 17 nitrogen and oxygen atoms in total. The van der Waals surface area contributed by atoms with Crippen LogP contribution in [-0.4, -0.2) is 86.0 Å². The van der Waals surface area contributed by atoms with Crippen LogP contribution in [-0.2, 0) is 46.5 Å². The number of alkyl carbamates (subject to hydrolysis) is 1. The highest BCUT2D eigenvalue weighted by atomic mass is 16.5. The molecule has 9 N–H and O–H groups in total. The van der Waals surface area contributed by atoms with Gasteiger partial charge in [-0.1, -0.05) is 44.2 Å². The molecule has 5 amide bonds. The molecule has 1 aromatic heterocycles. The maximum Gasteiger partial charge on any atom is 0.408 e. The van der Waals surface area contributed by atoms with Crippen molar-refractivity contribution in [1.82, 2.24) is 31.2 Å². The molecule has 17 heteroatoms. The summed E-state index contributed by atoms with van der Waals surface area (Å²) in [5.41, 5.74) is 6.33. The lowest BCUT2D eigenvalue weighted by molar-refractivity contribution is -0.147. The Morgan fingerprint density at radius 3 is 2.07 bits per heavy atom. The van der Waals surface area contributed by atoms with Gasteiger partial charge >= 0.3 is 18.0 Å². The number of primary amides is 1. The van der Waals surface area contributed by atoms with E-state index in [1.54, 1.807) is 44.2 Å². The highest BCUT2D eigenvalue weighted by Crippen LogP contribution is 2.08. The van der Waals surface area contributed by atoms with Crippen LogP contribution in [0.3, 0.4) is 0 Å². The Balaban J connectivity index is 2.20. The summed E-state index contributed by atoms with van der Waals surface area (Å²) in [6.45, 7) is 3.22. The van der Waals surface area contributed by atoms with Crippen molar-refractivity contribution in [2.45, 2.75) is 70.3 Å². The molecule has 0 aliphatic carbocycles. The first-order valence-electron chi connectivity index (χ1n) is 13.8. The van der Waals surface area contributed by atoms with Crippen molar-refractivity contribution in [3.05, 3.63) is 54.1 Å². The second-order valence-electron chi connectivity index (χ2n) is 10.3. The monoisotopic (exact) mass is 631 g/mol. The minimum Gasteiger partial charge on any atom is -0.481 e. The van der Waals surface area contributed by atoms with Crippen LogP contribution in [0.4, 0.5) is 4.79 Å². The molecule has 0 fully saturated rings. The number of carbonyl (C=O) groups is 7. The zero-order valence-electron chi connectivity index (χ0n) is 24.6. The van der Waals surface area contributed by atoms with E-state index in [1.807, 2.05) is 0 Å². The molecule has 244 valence electrons. The molecule has 1 aromatic carbocycles. The minimum atomic E-state index is -1.80. The number of nitrogens with zero attached hydrogens (tertiary/aromatic N) is 1. The number of imidazole rings is 1. The van der Waals surface area contributed by atoms with Crippen LogP contribution >= 0.6 is 0 Å². The van der Waals surface area contributed by atoms with Crippen molar-refractivity contribution < 1.29 is 48.5 Å². The summed E-state index contributed by atoms with van der Waals surface area (Å²) in [7, 11) is 0. The largest absolute Gasteiger partial charge is 0.481 e. The van der Waals surface area contributed by atoms with Gasteiger partial charge in [-0.05, 0) is 17.9 Å². The zero-order chi connectivity index (χ0) is 33.5. The van der Waals surface area contributed by atoms with Gasteiger partial charge in [-0.25, -0.2) is 14.6 Å². The van der Waals surface area contributed by atoms with Gasteiger partial charge in [0.05, 0.1) is 12.7 Å². The average Bonchev–Trinajstić information content (AvgIpc) is 3.49. The highest BCUT2D eigenvalue weighted by Gasteiger charge is 2.33. The fourth-order valence-corrected chi connectivity index (χ4v) is 3.99. The predicted octanol–water partition coefficient (Wildman–Crippen LogP) is -0.818. The van der Waals surface area contributed by atoms with E-state index in [0.29, 0.717) is 11.3 Å².